The molecule has 166 valence electrons. The quantitative estimate of drug-likeness (QED) is 0.494. The Labute approximate surface area is 189 Å². The minimum Gasteiger partial charge on any atom is -0.443 e. The lowest BCUT2D eigenvalue weighted by molar-refractivity contribution is 0.0576. The fraction of sp³-hybridized carbons (Fsp3) is 0.522. The van der Waals surface area contributed by atoms with Crippen LogP contribution in [0.4, 0.5) is 16.3 Å². The molecule has 1 atom stereocenters. The Morgan fingerprint density at radius 1 is 1.32 bits per heavy atom. The number of thioether (sulfide) groups is 1. The molecule has 4 rings (SSSR count). The van der Waals surface area contributed by atoms with Crippen molar-refractivity contribution in [2.45, 2.75) is 69.4 Å². The van der Waals surface area contributed by atoms with E-state index in [9.17, 15) is 6.17 Å². The van der Waals surface area contributed by atoms with E-state index in [4.69, 9.17) is 4.74 Å². The molecule has 0 spiro atoms. The van der Waals surface area contributed by atoms with Crippen molar-refractivity contribution < 1.29 is 10.9 Å². The largest absolute Gasteiger partial charge is 0.443 e. The Kier molecular flexibility index (Phi) is 6.00. The van der Waals surface area contributed by atoms with Crippen molar-refractivity contribution in [3.63, 3.8) is 0 Å². The second-order valence-electron chi connectivity index (χ2n) is 8.88. The van der Waals surface area contributed by atoms with Crippen LogP contribution in [0.2, 0.25) is 0 Å². The molecule has 0 saturated heterocycles. The highest BCUT2D eigenvalue weighted by Gasteiger charge is 2.31. The normalized spacial score (nSPS) is 21.3. The van der Waals surface area contributed by atoms with Crippen LogP contribution in [0, 0.1) is 0 Å². The molecule has 1 unspecified atom stereocenters. The summed E-state index contributed by atoms with van der Waals surface area (Å²) < 4.78 is 14.8. The smallest absolute Gasteiger partial charge is 0.414 e. The molecule has 1 saturated carbocycles. The number of rotatable bonds is 6. The molecule has 2 N–H and O–H groups in total. The molecule has 2 heterocycles. The molecular weight excluding hydrogens is 410 g/mol. The summed E-state index contributed by atoms with van der Waals surface area (Å²) in [5.74, 6) is 0.836. The van der Waals surface area contributed by atoms with Crippen molar-refractivity contribution in [2.24, 2.45) is 0 Å². The molecule has 2 aromatic rings. The Morgan fingerprint density at radius 3 is 2.81 bits per heavy atom. The van der Waals surface area contributed by atoms with Gasteiger partial charge in [-0.1, -0.05) is 30.0 Å². The van der Waals surface area contributed by atoms with Crippen molar-refractivity contribution in [3.05, 3.63) is 41.6 Å². The van der Waals surface area contributed by atoms with Crippen LogP contribution in [0.15, 0.2) is 35.6 Å². The Bertz CT molecular complexity index is 995. The van der Waals surface area contributed by atoms with Crippen LogP contribution in [-0.4, -0.2) is 40.5 Å². The lowest BCUT2D eigenvalue weighted by Crippen LogP contribution is -2.42. The first-order chi connectivity index (χ1) is 15.2. The SMILES string of the molecule is [2H]C1(NCc2cnc(SC)nc2NC2CC2)CCN(C(=O)OC(C)(C)C)c2ccccc21. The van der Waals surface area contributed by atoms with E-state index in [0.717, 1.165) is 34.9 Å². The maximum absolute atomic E-state index is 12.8. The van der Waals surface area contributed by atoms with Crippen LogP contribution in [0.1, 0.15) is 58.5 Å². The summed E-state index contributed by atoms with van der Waals surface area (Å²) in [7, 11) is 0. The number of hydrogen-bond acceptors (Lipinski definition) is 7. The average molecular weight is 443 g/mol. The fourth-order valence-electron chi connectivity index (χ4n) is 3.50. The molecule has 1 aromatic carbocycles. The number of amides is 1. The van der Waals surface area contributed by atoms with E-state index in [1.54, 1.807) is 4.90 Å². The molecule has 8 heteroatoms. The van der Waals surface area contributed by atoms with Gasteiger partial charge in [0.25, 0.3) is 0 Å². The summed E-state index contributed by atoms with van der Waals surface area (Å²) in [4.78, 5) is 23.5. The fourth-order valence-corrected chi connectivity index (χ4v) is 3.84. The van der Waals surface area contributed by atoms with Crippen LogP contribution in [0.3, 0.4) is 0 Å². The number of fused-ring (bicyclic) bond motifs is 1. The number of ether oxygens (including phenoxy) is 1. The third-order valence-corrected chi connectivity index (χ3v) is 5.72. The number of nitrogens with zero attached hydrogens (tertiary/aromatic N) is 3. The summed E-state index contributed by atoms with van der Waals surface area (Å²) in [6, 6.07) is 7.00. The van der Waals surface area contributed by atoms with Gasteiger partial charge in [0.15, 0.2) is 5.16 Å². The number of nitrogens with one attached hydrogen (secondary N) is 2. The zero-order chi connectivity index (χ0) is 22.9. The number of aromatic nitrogens is 2. The monoisotopic (exact) mass is 442 g/mol. The number of para-hydroxylation sites is 1. The summed E-state index contributed by atoms with van der Waals surface area (Å²) in [6.07, 6.45) is 6.16. The summed E-state index contributed by atoms with van der Waals surface area (Å²) in [5, 5.41) is 7.63. The topological polar surface area (TPSA) is 79.4 Å². The van der Waals surface area contributed by atoms with Gasteiger partial charge >= 0.3 is 6.09 Å². The Morgan fingerprint density at radius 2 is 2.10 bits per heavy atom. The highest BCUT2D eigenvalue weighted by atomic mass is 32.2. The first-order valence-electron chi connectivity index (χ1n) is 11.2. The van der Waals surface area contributed by atoms with E-state index in [-0.39, 0.29) is 6.09 Å². The number of anilines is 2. The molecule has 31 heavy (non-hydrogen) atoms. The second kappa shape index (κ2) is 9.04. The summed E-state index contributed by atoms with van der Waals surface area (Å²) in [6.45, 7) is 6.42. The van der Waals surface area contributed by atoms with Gasteiger partial charge in [0, 0.05) is 36.9 Å². The van der Waals surface area contributed by atoms with Crippen molar-refractivity contribution in [1.82, 2.24) is 15.3 Å². The van der Waals surface area contributed by atoms with E-state index in [2.05, 4.69) is 20.6 Å². The highest BCUT2D eigenvalue weighted by Crippen LogP contribution is 2.35. The first kappa shape index (κ1) is 20.6. The standard InChI is InChI=1S/C23H31N5O2S/c1-23(2,3)30-22(29)28-12-11-18(17-7-5-6-8-19(17)28)24-13-15-14-25-21(31-4)27-20(15)26-16-9-10-16/h5-8,14,16,18,24H,9-13H2,1-4H3,(H,25,26,27)/i18D. The van der Waals surface area contributed by atoms with Gasteiger partial charge in [-0.05, 0) is 57.9 Å². The van der Waals surface area contributed by atoms with Gasteiger partial charge in [-0.25, -0.2) is 14.8 Å². The maximum atomic E-state index is 12.8. The van der Waals surface area contributed by atoms with E-state index in [1.807, 2.05) is 57.5 Å². The number of benzene rings is 1. The maximum Gasteiger partial charge on any atom is 0.414 e. The second-order valence-corrected chi connectivity index (χ2v) is 9.65. The van der Waals surface area contributed by atoms with Crippen molar-refractivity contribution in [3.8, 4) is 0 Å². The lowest BCUT2D eigenvalue weighted by Gasteiger charge is -2.35. The molecule has 1 aliphatic heterocycles. The van der Waals surface area contributed by atoms with Crippen molar-refractivity contribution in [2.75, 3.05) is 23.0 Å². The van der Waals surface area contributed by atoms with E-state index < -0.39 is 11.6 Å². The number of carbonyl (C=O) groups is 1. The predicted octanol–water partition coefficient (Wildman–Crippen LogP) is 4.75. The minimum absolute atomic E-state index is 0.385. The molecule has 1 fully saturated rings. The van der Waals surface area contributed by atoms with Gasteiger partial charge in [-0.3, -0.25) is 4.90 Å². The van der Waals surface area contributed by atoms with Crippen molar-refractivity contribution >= 4 is 29.4 Å². The van der Waals surface area contributed by atoms with Gasteiger partial charge in [0.1, 0.15) is 11.4 Å². The zero-order valence-corrected chi connectivity index (χ0v) is 19.4. The van der Waals surface area contributed by atoms with Gasteiger partial charge in [-0.15, -0.1) is 0 Å². The molecule has 7 nitrogen and oxygen atoms in total. The Hall–Kier alpha value is -2.32. The number of hydrogen-bond donors (Lipinski definition) is 2. The lowest BCUT2D eigenvalue weighted by atomic mass is 9.96. The van der Waals surface area contributed by atoms with Gasteiger partial charge in [0.2, 0.25) is 0 Å². The minimum atomic E-state index is -1.04. The van der Waals surface area contributed by atoms with Gasteiger partial charge in [0.05, 0.1) is 7.06 Å². The van der Waals surface area contributed by atoms with Crippen LogP contribution < -0.4 is 15.5 Å². The van der Waals surface area contributed by atoms with Crippen molar-refractivity contribution in [1.29, 1.82) is 0 Å². The van der Waals surface area contributed by atoms with Gasteiger partial charge < -0.3 is 15.4 Å². The third-order valence-electron chi connectivity index (χ3n) is 5.15. The van der Waals surface area contributed by atoms with E-state index in [0.29, 0.717) is 31.2 Å². The van der Waals surface area contributed by atoms with Crippen LogP contribution >= 0.6 is 11.8 Å². The highest BCUT2D eigenvalue weighted by molar-refractivity contribution is 7.98. The molecule has 0 radical (unpaired) electrons. The summed E-state index contributed by atoms with van der Waals surface area (Å²) >= 11 is 1.51. The van der Waals surface area contributed by atoms with E-state index >= 15 is 0 Å². The average Bonchev–Trinajstić information content (AvgIpc) is 3.56. The summed E-state index contributed by atoms with van der Waals surface area (Å²) in [5.41, 5.74) is 1.83. The van der Waals surface area contributed by atoms with Gasteiger partial charge in [-0.2, -0.15) is 0 Å². The molecule has 2 aliphatic rings. The molecule has 0 bridgehead atoms. The van der Waals surface area contributed by atoms with Crippen LogP contribution in [-0.2, 0) is 11.3 Å². The van der Waals surface area contributed by atoms with Crippen LogP contribution in [0.25, 0.3) is 0 Å². The number of carbonyl (C=O) groups excluding carboxylic acids is 1. The Balaban J connectivity index is 1.55. The molecule has 1 aromatic heterocycles. The third kappa shape index (κ3) is 5.49. The first-order valence-corrected chi connectivity index (χ1v) is 11.9. The predicted molar refractivity (Wildman–Crippen MR) is 125 cm³/mol. The van der Waals surface area contributed by atoms with Crippen LogP contribution in [0.5, 0.6) is 0 Å². The molecule has 1 aliphatic carbocycles. The zero-order valence-electron chi connectivity index (χ0n) is 19.6. The molecular formula is C23H31N5O2S. The van der Waals surface area contributed by atoms with E-state index in [1.165, 1.54) is 11.8 Å². The molecule has 1 amide bonds.